The van der Waals surface area contributed by atoms with Crippen molar-refractivity contribution in [2.75, 3.05) is 10.6 Å². The van der Waals surface area contributed by atoms with Crippen molar-refractivity contribution in [1.29, 1.82) is 0 Å². The lowest BCUT2D eigenvalue weighted by atomic mass is 10.1. The fourth-order valence-corrected chi connectivity index (χ4v) is 2.14. The molecule has 3 rings (SSSR count). The van der Waals surface area contributed by atoms with Crippen LogP contribution < -0.4 is 10.6 Å². The van der Waals surface area contributed by atoms with Crippen molar-refractivity contribution < 1.29 is 9.59 Å². The summed E-state index contributed by atoms with van der Waals surface area (Å²) in [5.74, 6) is -0.463. The lowest BCUT2D eigenvalue weighted by molar-refractivity contribution is 0.0971. The standard InChI is InChI=1S/C15H11N2O2/c16-12-7-3-1-5-10(12)15(19)17-9-14(18)11-6-2-4-8-13(11)17/h1-9H,16H2. The van der Waals surface area contributed by atoms with E-state index in [1.807, 2.05) is 0 Å². The van der Waals surface area contributed by atoms with Crippen LogP contribution in [-0.4, -0.2) is 11.7 Å². The highest BCUT2D eigenvalue weighted by atomic mass is 16.2. The number of Topliss-reactive ketones (excluding diaryl/α,β-unsaturated/α-hetero) is 1. The van der Waals surface area contributed by atoms with Gasteiger partial charge in [-0.05, 0) is 24.3 Å². The number of benzene rings is 2. The van der Waals surface area contributed by atoms with Gasteiger partial charge in [-0.25, -0.2) is 0 Å². The molecule has 0 unspecified atom stereocenters. The second kappa shape index (κ2) is 4.24. The van der Waals surface area contributed by atoms with Crippen molar-refractivity contribution in [2.45, 2.75) is 0 Å². The molecule has 1 aliphatic heterocycles. The monoisotopic (exact) mass is 251 g/mol. The van der Waals surface area contributed by atoms with E-state index in [9.17, 15) is 9.59 Å². The first-order valence-electron chi connectivity index (χ1n) is 5.85. The molecule has 0 saturated heterocycles. The molecule has 1 radical (unpaired) electrons. The molecule has 4 heteroatoms. The molecule has 93 valence electrons. The van der Waals surface area contributed by atoms with Crippen LogP contribution in [0.4, 0.5) is 11.4 Å². The van der Waals surface area contributed by atoms with Crippen LogP contribution in [0.5, 0.6) is 0 Å². The summed E-state index contributed by atoms with van der Waals surface area (Å²) >= 11 is 0. The summed E-state index contributed by atoms with van der Waals surface area (Å²) in [6.07, 6.45) is 0. The van der Waals surface area contributed by atoms with Gasteiger partial charge >= 0.3 is 0 Å². The molecule has 0 aliphatic carbocycles. The molecule has 0 saturated carbocycles. The number of fused-ring (bicyclic) bond motifs is 1. The summed E-state index contributed by atoms with van der Waals surface area (Å²) in [4.78, 5) is 25.6. The molecule has 1 heterocycles. The highest BCUT2D eigenvalue weighted by Gasteiger charge is 2.32. The first kappa shape index (κ1) is 11.5. The Labute approximate surface area is 110 Å². The van der Waals surface area contributed by atoms with Crippen LogP contribution in [0.3, 0.4) is 0 Å². The number of para-hydroxylation sites is 2. The summed E-state index contributed by atoms with van der Waals surface area (Å²) in [6, 6.07) is 13.8. The molecule has 0 aromatic heterocycles. The van der Waals surface area contributed by atoms with E-state index in [0.717, 1.165) is 0 Å². The van der Waals surface area contributed by atoms with Crippen molar-refractivity contribution in [2.24, 2.45) is 0 Å². The van der Waals surface area contributed by atoms with Crippen LogP contribution in [-0.2, 0) is 0 Å². The van der Waals surface area contributed by atoms with Crippen LogP contribution in [0.1, 0.15) is 20.7 Å². The molecule has 2 aromatic rings. The van der Waals surface area contributed by atoms with E-state index < -0.39 is 0 Å². The number of anilines is 2. The first-order valence-corrected chi connectivity index (χ1v) is 5.85. The summed E-state index contributed by atoms with van der Waals surface area (Å²) < 4.78 is 0. The normalized spacial score (nSPS) is 13.5. The number of hydrogen-bond donors (Lipinski definition) is 1. The van der Waals surface area contributed by atoms with Gasteiger partial charge in [0.05, 0.1) is 11.3 Å². The SMILES string of the molecule is Nc1ccccc1C(=O)N1[CH]C(=O)c2ccccc21. The Morgan fingerprint density at radius 2 is 1.68 bits per heavy atom. The molecule has 0 fully saturated rings. The topological polar surface area (TPSA) is 63.4 Å². The maximum absolute atomic E-state index is 12.4. The predicted molar refractivity (Wildman–Crippen MR) is 72.7 cm³/mol. The minimum Gasteiger partial charge on any atom is -0.398 e. The number of amides is 1. The van der Waals surface area contributed by atoms with Crippen molar-refractivity contribution in [1.82, 2.24) is 0 Å². The van der Waals surface area contributed by atoms with Crippen LogP contribution in [0, 0.1) is 6.54 Å². The second-order valence-electron chi connectivity index (χ2n) is 4.27. The highest BCUT2D eigenvalue weighted by molar-refractivity contribution is 6.23. The van der Waals surface area contributed by atoms with Gasteiger partial charge in [0, 0.05) is 11.3 Å². The van der Waals surface area contributed by atoms with Gasteiger partial charge in [-0.1, -0.05) is 24.3 Å². The second-order valence-corrected chi connectivity index (χ2v) is 4.27. The minimum atomic E-state index is -0.295. The summed E-state index contributed by atoms with van der Waals surface area (Å²) in [7, 11) is 0. The van der Waals surface area contributed by atoms with Gasteiger partial charge < -0.3 is 5.73 Å². The Morgan fingerprint density at radius 3 is 2.47 bits per heavy atom. The van der Waals surface area contributed by atoms with E-state index in [0.29, 0.717) is 22.5 Å². The van der Waals surface area contributed by atoms with Crippen LogP contribution >= 0.6 is 0 Å². The third-order valence-electron chi connectivity index (χ3n) is 3.09. The molecule has 4 nitrogen and oxygen atoms in total. The number of nitrogens with zero attached hydrogens (tertiary/aromatic N) is 1. The molecule has 0 bridgehead atoms. The highest BCUT2D eigenvalue weighted by Crippen LogP contribution is 2.31. The Hall–Kier alpha value is -2.62. The van der Waals surface area contributed by atoms with Gasteiger partial charge in [-0.2, -0.15) is 0 Å². The molecule has 0 spiro atoms. The molecule has 1 amide bonds. The van der Waals surface area contributed by atoms with E-state index >= 15 is 0 Å². The third-order valence-corrected chi connectivity index (χ3v) is 3.09. The summed E-state index contributed by atoms with van der Waals surface area (Å²) in [6.45, 7) is 1.30. The predicted octanol–water partition coefficient (Wildman–Crippen LogP) is 2.27. The Bertz CT molecular complexity index is 679. The molecule has 2 aromatic carbocycles. The van der Waals surface area contributed by atoms with Crippen molar-refractivity contribution in [3.05, 3.63) is 66.2 Å². The minimum absolute atomic E-state index is 0.168. The van der Waals surface area contributed by atoms with Gasteiger partial charge in [0.25, 0.3) is 5.91 Å². The maximum atomic E-state index is 12.4. The number of ketones is 1. The number of carbonyl (C=O) groups is 2. The third kappa shape index (κ3) is 1.78. The van der Waals surface area contributed by atoms with Gasteiger partial charge in [0.2, 0.25) is 0 Å². The summed E-state index contributed by atoms with van der Waals surface area (Å²) in [5, 5.41) is 0. The Balaban J connectivity index is 2.04. The van der Waals surface area contributed by atoms with Crippen LogP contribution in [0.2, 0.25) is 0 Å². The van der Waals surface area contributed by atoms with E-state index in [-0.39, 0.29) is 11.7 Å². The lowest BCUT2D eigenvalue weighted by Crippen LogP contribution is -2.27. The van der Waals surface area contributed by atoms with Crippen LogP contribution in [0.15, 0.2) is 48.5 Å². The zero-order valence-corrected chi connectivity index (χ0v) is 10.0. The average Bonchev–Trinajstić information content (AvgIpc) is 2.77. The number of rotatable bonds is 1. The van der Waals surface area contributed by atoms with Gasteiger partial charge in [-0.15, -0.1) is 0 Å². The quantitative estimate of drug-likeness (QED) is 0.791. The van der Waals surface area contributed by atoms with E-state index in [4.69, 9.17) is 5.73 Å². The van der Waals surface area contributed by atoms with Crippen molar-refractivity contribution in [3.63, 3.8) is 0 Å². The first-order chi connectivity index (χ1) is 9.18. The lowest BCUT2D eigenvalue weighted by Gasteiger charge is -2.16. The number of nitrogen functional groups attached to an aromatic ring is 1. The molecule has 1 aliphatic rings. The number of nitrogens with two attached hydrogens (primary N) is 1. The van der Waals surface area contributed by atoms with E-state index in [1.165, 1.54) is 11.4 Å². The van der Waals surface area contributed by atoms with Gasteiger partial charge in [0.15, 0.2) is 5.78 Å². The smallest absolute Gasteiger partial charge is 0.261 e. The fourth-order valence-electron chi connectivity index (χ4n) is 2.14. The van der Waals surface area contributed by atoms with Crippen molar-refractivity contribution in [3.8, 4) is 0 Å². The maximum Gasteiger partial charge on any atom is 0.261 e. The average molecular weight is 251 g/mol. The van der Waals surface area contributed by atoms with E-state index in [1.54, 1.807) is 48.5 Å². The Morgan fingerprint density at radius 1 is 1.00 bits per heavy atom. The fraction of sp³-hybridized carbons (Fsp3) is 0. The molecular formula is C15H11N2O2. The molecule has 2 N–H and O–H groups in total. The van der Waals surface area contributed by atoms with Crippen molar-refractivity contribution >= 4 is 23.1 Å². The summed E-state index contributed by atoms with van der Waals surface area (Å²) in [5.41, 5.74) is 7.72. The zero-order valence-electron chi connectivity index (χ0n) is 10.0. The van der Waals surface area contributed by atoms with Gasteiger partial charge in [-0.3, -0.25) is 14.5 Å². The zero-order chi connectivity index (χ0) is 13.4. The molecular weight excluding hydrogens is 240 g/mol. The molecule has 0 atom stereocenters. The van der Waals surface area contributed by atoms with Crippen LogP contribution in [0.25, 0.3) is 0 Å². The van der Waals surface area contributed by atoms with Gasteiger partial charge in [0.1, 0.15) is 6.54 Å². The molecule has 19 heavy (non-hydrogen) atoms. The largest absolute Gasteiger partial charge is 0.398 e. The number of carbonyl (C=O) groups excluding carboxylic acids is 2. The Kier molecular flexibility index (Phi) is 2.56. The number of hydrogen-bond acceptors (Lipinski definition) is 3. The van der Waals surface area contributed by atoms with E-state index in [2.05, 4.69) is 0 Å².